The smallest absolute Gasteiger partial charge is 0.119 e. The van der Waals surface area contributed by atoms with E-state index in [4.69, 9.17) is 10.00 Å². The summed E-state index contributed by atoms with van der Waals surface area (Å²) >= 11 is 0. The summed E-state index contributed by atoms with van der Waals surface area (Å²) in [6.07, 6.45) is 0.950. The molecule has 0 aliphatic rings. The Balaban J connectivity index is 1.72. The van der Waals surface area contributed by atoms with E-state index in [-0.39, 0.29) is 0 Å². The number of hydrogen-bond acceptors (Lipinski definition) is 3. The first kappa shape index (κ1) is 14.0. The quantitative estimate of drug-likeness (QED) is 0.751. The molecule has 0 saturated heterocycles. The Labute approximate surface area is 120 Å². The average molecular weight is 266 g/mol. The first-order chi connectivity index (χ1) is 9.79. The highest BCUT2D eigenvalue weighted by Crippen LogP contribution is 2.13. The van der Waals surface area contributed by atoms with Gasteiger partial charge in [0.05, 0.1) is 18.2 Å². The van der Waals surface area contributed by atoms with Crippen molar-refractivity contribution in [1.29, 1.82) is 5.26 Å². The lowest BCUT2D eigenvalue weighted by Gasteiger charge is -2.19. The molecule has 2 aromatic rings. The van der Waals surface area contributed by atoms with Gasteiger partial charge in [-0.2, -0.15) is 5.26 Å². The van der Waals surface area contributed by atoms with E-state index < -0.39 is 0 Å². The largest absolute Gasteiger partial charge is 0.494 e. The minimum absolute atomic E-state index is 0.654. The second kappa shape index (κ2) is 7.20. The molecule has 0 fully saturated rings. The molecule has 102 valence electrons. The summed E-state index contributed by atoms with van der Waals surface area (Å²) in [5.74, 6) is 0.811. The van der Waals surface area contributed by atoms with Gasteiger partial charge >= 0.3 is 0 Å². The van der Waals surface area contributed by atoms with E-state index >= 15 is 0 Å². The molecule has 0 bridgehead atoms. The zero-order valence-corrected chi connectivity index (χ0v) is 11.6. The normalized spacial score (nSPS) is 9.80. The number of anilines is 1. The summed E-state index contributed by atoms with van der Waals surface area (Å²) in [6, 6.07) is 19.6. The fraction of sp³-hybridized carbons (Fsp3) is 0.235. The Bertz CT molecular complexity index is 558. The van der Waals surface area contributed by atoms with E-state index in [2.05, 4.69) is 30.1 Å². The highest BCUT2D eigenvalue weighted by Gasteiger charge is 2.00. The van der Waals surface area contributed by atoms with Gasteiger partial charge in [0.1, 0.15) is 5.75 Å². The molecular formula is C17H18N2O. The minimum Gasteiger partial charge on any atom is -0.494 e. The predicted octanol–water partition coefficient (Wildman–Crippen LogP) is 3.46. The van der Waals surface area contributed by atoms with E-state index in [1.54, 1.807) is 12.1 Å². The van der Waals surface area contributed by atoms with Crippen molar-refractivity contribution in [2.45, 2.75) is 6.42 Å². The molecule has 0 saturated carbocycles. The number of para-hydroxylation sites is 1. The lowest BCUT2D eigenvalue weighted by atomic mass is 10.2. The molecule has 0 amide bonds. The third kappa shape index (κ3) is 4.03. The number of nitriles is 1. The van der Waals surface area contributed by atoms with E-state index in [1.165, 1.54) is 5.69 Å². The highest BCUT2D eigenvalue weighted by atomic mass is 16.5. The van der Waals surface area contributed by atoms with Crippen LogP contribution in [0.25, 0.3) is 0 Å². The van der Waals surface area contributed by atoms with Crippen molar-refractivity contribution in [3.63, 3.8) is 0 Å². The zero-order chi connectivity index (χ0) is 14.2. The van der Waals surface area contributed by atoms with Gasteiger partial charge in [0, 0.05) is 19.3 Å². The summed E-state index contributed by atoms with van der Waals surface area (Å²) in [5.41, 5.74) is 1.87. The summed E-state index contributed by atoms with van der Waals surface area (Å²) in [4.78, 5) is 2.21. The van der Waals surface area contributed by atoms with Crippen molar-refractivity contribution >= 4 is 5.69 Å². The average Bonchev–Trinajstić information content (AvgIpc) is 2.53. The van der Waals surface area contributed by atoms with Crippen molar-refractivity contribution in [3.8, 4) is 11.8 Å². The predicted molar refractivity (Wildman–Crippen MR) is 81.0 cm³/mol. The maximum Gasteiger partial charge on any atom is 0.119 e. The van der Waals surface area contributed by atoms with E-state index in [0.717, 1.165) is 18.7 Å². The van der Waals surface area contributed by atoms with Crippen molar-refractivity contribution in [1.82, 2.24) is 0 Å². The van der Waals surface area contributed by atoms with Crippen molar-refractivity contribution in [3.05, 3.63) is 60.2 Å². The van der Waals surface area contributed by atoms with Crippen LogP contribution in [0.4, 0.5) is 5.69 Å². The van der Waals surface area contributed by atoms with Gasteiger partial charge in [-0.3, -0.25) is 0 Å². The molecule has 2 rings (SSSR count). The maximum absolute atomic E-state index is 8.72. The zero-order valence-electron chi connectivity index (χ0n) is 11.6. The molecule has 0 radical (unpaired) electrons. The Hall–Kier alpha value is -2.47. The molecule has 0 unspecified atom stereocenters. The van der Waals surface area contributed by atoms with Crippen LogP contribution in [-0.2, 0) is 0 Å². The van der Waals surface area contributed by atoms with Crippen LogP contribution in [0.1, 0.15) is 12.0 Å². The summed E-state index contributed by atoms with van der Waals surface area (Å²) in [7, 11) is 2.08. The van der Waals surface area contributed by atoms with E-state index in [1.807, 2.05) is 30.3 Å². The third-order valence-electron chi connectivity index (χ3n) is 3.09. The monoisotopic (exact) mass is 266 g/mol. The van der Waals surface area contributed by atoms with Gasteiger partial charge in [0.2, 0.25) is 0 Å². The molecular weight excluding hydrogens is 248 g/mol. The van der Waals surface area contributed by atoms with Gasteiger partial charge in [-0.25, -0.2) is 0 Å². The van der Waals surface area contributed by atoms with Crippen molar-refractivity contribution in [2.75, 3.05) is 25.1 Å². The lowest BCUT2D eigenvalue weighted by Crippen LogP contribution is -2.20. The van der Waals surface area contributed by atoms with Crippen LogP contribution in [0.15, 0.2) is 54.6 Å². The Morgan fingerprint density at radius 2 is 1.75 bits per heavy atom. The molecule has 0 atom stereocenters. The molecule has 0 N–H and O–H groups in total. The van der Waals surface area contributed by atoms with E-state index in [9.17, 15) is 0 Å². The van der Waals surface area contributed by atoms with Gasteiger partial charge in [-0.15, -0.1) is 0 Å². The molecule has 0 spiro atoms. The van der Waals surface area contributed by atoms with Crippen LogP contribution in [-0.4, -0.2) is 20.2 Å². The van der Waals surface area contributed by atoms with Crippen LogP contribution < -0.4 is 9.64 Å². The minimum atomic E-state index is 0.654. The highest BCUT2D eigenvalue weighted by molar-refractivity contribution is 5.44. The molecule has 0 aromatic heterocycles. The molecule has 3 heteroatoms. The molecule has 20 heavy (non-hydrogen) atoms. The summed E-state index contributed by atoms with van der Waals surface area (Å²) < 4.78 is 5.66. The fourth-order valence-corrected chi connectivity index (χ4v) is 1.93. The van der Waals surface area contributed by atoms with Gasteiger partial charge < -0.3 is 9.64 Å². The summed E-state index contributed by atoms with van der Waals surface area (Å²) in [5, 5.41) is 8.72. The SMILES string of the molecule is CN(CCCOc1ccc(C#N)cc1)c1ccccc1. The number of benzene rings is 2. The second-order valence-corrected chi connectivity index (χ2v) is 4.60. The number of ether oxygens (including phenoxy) is 1. The standard InChI is InChI=1S/C17H18N2O/c1-19(16-6-3-2-4-7-16)12-5-13-20-17-10-8-15(14-18)9-11-17/h2-4,6-11H,5,12-13H2,1H3. The summed E-state index contributed by atoms with van der Waals surface area (Å²) in [6.45, 7) is 1.61. The van der Waals surface area contributed by atoms with Gasteiger partial charge in [-0.05, 0) is 42.8 Å². The lowest BCUT2D eigenvalue weighted by molar-refractivity contribution is 0.312. The van der Waals surface area contributed by atoms with Crippen molar-refractivity contribution in [2.24, 2.45) is 0 Å². The van der Waals surface area contributed by atoms with Gasteiger partial charge in [0.25, 0.3) is 0 Å². The maximum atomic E-state index is 8.72. The fourth-order valence-electron chi connectivity index (χ4n) is 1.93. The molecule has 0 aliphatic heterocycles. The van der Waals surface area contributed by atoms with Crippen molar-refractivity contribution < 1.29 is 4.74 Å². The van der Waals surface area contributed by atoms with E-state index in [0.29, 0.717) is 12.2 Å². The second-order valence-electron chi connectivity index (χ2n) is 4.60. The number of nitrogens with zero attached hydrogens (tertiary/aromatic N) is 2. The van der Waals surface area contributed by atoms with Crippen LogP contribution in [0, 0.1) is 11.3 Å². The van der Waals surface area contributed by atoms with Crippen LogP contribution in [0.5, 0.6) is 5.75 Å². The van der Waals surface area contributed by atoms with Crippen LogP contribution in [0.2, 0.25) is 0 Å². The van der Waals surface area contributed by atoms with Gasteiger partial charge in [-0.1, -0.05) is 18.2 Å². The van der Waals surface area contributed by atoms with Crippen LogP contribution in [0.3, 0.4) is 0 Å². The Kier molecular flexibility index (Phi) is 5.02. The molecule has 3 nitrogen and oxygen atoms in total. The Morgan fingerprint density at radius 3 is 2.40 bits per heavy atom. The number of hydrogen-bond donors (Lipinski definition) is 0. The Morgan fingerprint density at radius 1 is 1.05 bits per heavy atom. The molecule has 0 aliphatic carbocycles. The topological polar surface area (TPSA) is 36.3 Å². The van der Waals surface area contributed by atoms with Crippen LogP contribution >= 0.6 is 0 Å². The number of rotatable bonds is 6. The molecule has 2 aromatic carbocycles. The third-order valence-corrected chi connectivity index (χ3v) is 3.09. The first-order valence-electron chi connectivity index (χ1n) is 6.69. The van der Waals surface area contributed by atoms with Gasteiger partial charge in [0.15, 0.2) is 0 Å². The first-order valence-corrected chi connectivity index (χ1v) is 6.69. The molecule has 0 heterocycles.